The molecular formula is C26H29F2N3O5S. The summed E-state index contributed by atoms with van der Waals surface area (Å²) in [6.07, 6.45) is -1.18. The van der Waals surface area contributed by atoms with Gasteiger partial charge >= 0.3 is 0 Å². The molecule has 0 radical (unpaired) electrons. The molecule has 2 N–H and O–H groups in total. The third kappa shape index (κ3) is 5.85. The number of thioether (sulfide) groups is 1. The predicted molar refractivity (Wildman–Crippen MR) is 135 cm³/mol. The molecule has 4 atom stereocenters. The number of ether oxygens (including phenoxy) is 3. The molecule has 4 rings (SSSR count). The highest BCUT2D eigenvalue weighted by Gasteiger charge is 2.53. The fourth-order valence-electron chi connectivity index (χ4n) is 4.73. The molecule has 0 aliphatic carbocycles. The van der Waals surface area contributed by atoms with Crippen LogP contribution in [-0.2, 0) is 24.5 Å². The highest BCUT2D eigenvalue weighted by molar-refractivity contribution is 8.14. The molecule has 4 unspecified atom stereocenters. The van der Waals surface area contributed by atoms with Crippen molar-refractivity contribution in [1.29, 1.82) is 0 Å². The van der Waals surface area contributed by atoms with Gasteiger partial charge in [-0.25, -0.2) is 13.8 Å². The van der Waals surface area contributed by atoms with Crippen molar-refractivity contribution < 1.29 is 32.6 Å². The van der Waals surface area contributed by atoms with Crippen LogP contribution in [0.2, 0.25) is 0 Å². The lowest BCUT2D eigenvalue weighted by molar-refractivity contribution is -0.146. The number of methoxy groups -OCH3 is 2. The van der Waals surface area contributed by atoms with Gasteiger partial charge in [0.05, 0.1) is 13.2 Å². The number of fused-ring (bicyclic) bond motifs is 1. The molecule has 2 aliphatic rings. The largest absolute Gasteiger partial charge is 0.365 e. The molecule has 2 heterocycles. The van der Waals surface area contributed by atoms with E-state index in [0.717, 1.165) is 6.07 Å². The monoisotopic (exact) mass is 533 g/mol. The van der Waals surface area contributed by atoms with Crippen LogP contribution in [0.15, 0.2) is 53.5 Å². The Hall–Kier alpha value is -2.86. The fourth-order valence-corrected chi connectivity index (χ4v) is 5.95. The number of halogens is 2. The SMILES string of the molecule is COC(CNC(=O)C1CC2C(C)SC(NC(=O)c3ccccc3)=NC2(c2ccc(F)cc2F)CO1)OC. The Bertz CT molecular complexity index is 1160. The fraction of sp³-hybridized carbons (Fsp3) is 0.423. The second kappa shape index (κ2) is 11.7. The summed E-state index contributed by atoms with van der Waals surface area (Å²) >= 11 is 1.33. The van der Waals surface area contributed by atoms with E-state index in [-0.39, 0.29) is 48.1 Å². The Labute approximate surface area is 218 Å². The zero-order valence-corrected chi connectivity index (χ0v) is 21.5. The average Bonchev–Trinajstić information content (AvgIpc) is 2.89. The van der Waals surface area contributed by atoms with E-state index in [1.54, 1.807) is 30.3 Å². The summed E-state index contributed by atoms with van der Waals surface area (Å²) in [5.74, 6) is -2.53. The quantitative estimate of drug-likeness (QED) is 0.531. The lowest BCUT2D eigenvalue weighted by atomic mass is 9.72. The van der Waals surface area contributed by atoms with Crippen molar-refractivity contribution in [3.05, 3.63) is 71.3 Å². The van der Waals surface area contributed by atoms with E-state index < -0.39 is 29.6 Å². The molecule has 11 heteroatoms. The molecule has 1 fully saturated rings. The van der Waals surface area contributed by atoms with E-state index in [9.17, 15) is 14.0 Å². The van der Waals surface area contributed by atoms with Crippen molar-refractivity contribution in [1.82, 2.24) is 10.6 Å². The van der Waals surface area contributed by atoms with Crippen molar-refractivity contribution in [2.45, 2.75) is 36.5 Å². The molecule has 0 aromatic heterocycles. The number of nitrogens with zero attached hydrogens (tertiary/aromatic N) is 1. The lowest BCUT2D eigenvalue weighted by Crippen LogP contribution is -2.56. The first-order valence-electron chi connectivity index (χ1n) is 11.8. The van der Waals surface area contributed by atoms with Crippen LogP contribution in [0.3, 0.4) is 0 Å². The topological polar surface area (TPSA) is 98.3 Å². The molecule has 198 valence electrons. The molecule has 0 spiro atoms. The number of rotatable bonds is 7. The van der Waals surface area contributed by atoms with Crippen LogP contribution in [0.4, 0.5) is 8.78 Å². The van der Waals surface area contributed by atoms with Crippen LogP contribution in [0.25, 0.3) is 0 Å². The minimum absolute atomic E-state index is 0.131. The van der Waals surface area contributed by atoms with Gasteiger partial charge in [0.1, 0.15) is 23.3 Å². The first-order chi connectivity index (χ1) is 17.8. The van der Waals surface area contributed by atoms with Gasteiger partial charge < -0.3 is 24.8 Å². The van der Waals surface area contributed by atoms with Crippen LogP contribution >= 0.6 is 11.8 Å². The van der Waals surface area contributed by atoms with Gasteiger partial charge in [0, 0.05) is 42.6 Å². The average molecular weight is 534 g/mol. The maximum absolute atomic E-state index is 15.2. The smallest absolute Gasteiger partial charge is 0.257 e. The van der Waals surface area contributed by atoms with Crippen LogP contribution in [0.5, 0.6) is 0 Å². The zero-order valence-electron chi connectivity index (χ0n) is 20.7. The van der Waals surface area contributed by atoms with E-state index >= 15 is 4.39 Å². The molecular weight excluding hydrogens is 504 g/mol. The molecule has 37 heavy (non-hydrogen) atoms. The normalized spacial score (nSPS) is 25.2. The maximum Gasteiger partial charge on any atom is 0.257 e. The lowest BCUT2D eigenvalue weighted by Gasteiger charge is -2.48. The number of aliphatic imine (C=N–C) groups is 1. The first kappa shape index (κ1) is 27.2. The molecule has 0 saturated carbocycles. The Kier molecular flexibility index (Phi) is 8.58. The maximum atomic E-state index is 15.2. The molecule has 8 nitrogen and oxygen atoms in total. The third-order valence-corrected chi connectivity index (χ3v) is 7.78. The van der Waals surface area contributed by atoms with Gasteiger partial charge in [-0.15, -0.1) is 0 Å². The molecule has 2 amide bonds. The van der Waals surface area contributed by atoms with E-state index in [4.69, 9.17) is 19.2 Å². The second-order valence-corrected chi connectivity index (χ2v) is 10.3. The van der Waals surface area contributed by atoms with E-state index in [1.807, 2.05) is 6.92 Å². The number of amides is 2. The summed E-state index contributed by atoms with van der Waals surface area (Å²) in [4.78, 5) is 30.5. The zero-order chi connectivity index (χ0) is 26.6. The number of hydrogen-bond acceptors (Lipinski definition) is 7. The number of nitrogens with one attached hydrogen (secondary N) is 2. The van der Waals surface area contributed by atoms with E-state index in [2.05, 4.69) is 10.6 Å². The Balaban J connectivity index is 1.64. The van der Waals surface area contributed by atoms with Crippen molar-refractivity contribution in [3.63, 3.8) is 0 Å². The van der Waals surface area contributed by atoms with Crippen molar-refractivity contribution in [3.8, 4) is 0 Å². The van der Waals surface area contributed by atoms with E-state index in [0.29, 0.717) is 10.7 Å². The summed E-state index contributed by atoms with van der Waals surface area (Å²) in [6.45, 7) is 1.93. The molecule has 1 saturated heterocycles. The van der Waals surface area contributed by atoms with Crippen LogP contribution in [0.1, 0.15) is 29.3 Å². The number of hydrogen-bond donors (Lipinski definition) is 2. The summed E-state index contributed by atoms with van der Waals surface area (Å²) in [5, 5.41) is 5.69. The minimum Gasteiger partial charge on any atom is -0.365 e. The molecule has 0 bridgehead atoms. The first-order valence-corrected chi connectivity index (χ1v) is 12.7. The predicted octanol–water partition coefficient (Wildman–Crippen LogP) is 3.22. The second-order valence-electron chi connectivity index (χ2n) is 8.90. The number of benzene rings is 2. The molecule has 2 aromatic rings. The van der Waals surface area contributed by atoms with Crippen LogP contribution < -0.4 is 10.6 Å². The Morgan fingerprint density at radius 3 is 2.59 bits per heavy atom. The van der Waals surface area contributed by atoms with Crippen LogP contribution in [-0.4, -0.2) is 62.0 Å². The molecule has 2 aromatic carbocycles. The van der Waals surface area contributed by atoms with Crippen molar-refractivity contribution in [2.75, 3.05) is 27.4 Å². The standard InChI is InChI=1S/C26H29F2N3O5S/c1-15-19-12-21(24(33)29-13-22(34-2)35-3)36-14-26(19,18-10-9-17(27)11-20(18)28)31-25(37-15)30-23(32)16-7-5-4-6-8-16/h4-11,15,19,21-22H,12-14H2,1-3H3,(H,29,33)(H,30,31,32). The Morgan fingerprint density at radius 1 is 1.19 bits per heavy atom. The molecule has 2 aliphatic heterocycles. The number of carbonyl (C=O) groups is 2. The van der Waals surface area contributed by atoms with Gasteiger partial charge in [0.15, 0.2) is 11.5 Å². The van der Waals surface area contributed by atoms with Gasteiger partial charge in [-0.2, -0.15) is 0 Å². The van der Waals surface area contributed by atoms with Crippen molar-refractivity contribution in [2.24, 2.45) is 10.9 Å². The van der Waals surface area contributed by atoms with Crippen LogP contribution in [0, 0.1) is 17.6 Å². The van der Waals surface area contributed by atoms with Gasteiger partial charge in [-0.3, -0.25) is 9.59 Å². The Morgan fingerprint density at radius 2 is 1.92 bits per heavy atom. The van der Waals surface area contributed by atoms with Crippen molar-refractivity contribution >= 4 is 28.7 Å². The highest BCUT2D eigenvalue weighted by Crippen LogP contribution is 2.50. The van der Waals surface area contributed by atoms with Gasteiger partial charge in [-0.05, 0) is 24.6 Å². The summed E-state index contributed by atoms with van der Waals surface area (Å²) in [6, 6.07) is 12.0. The number of carbonyl (C=O) groups excluding carboxylic acids is 2. The summed E-state index contributed by atoms with van der Waals surface area (Å²) in [7, 11) is 2.94. The highest BCUT2D eigenvalue weighted by atomic mass is 32.2. The van der Waals surface area contributed by atoms with E-state index in [1.165, 1.54) is 38.1 Å². The minimum atomic E-state index is -1.26. The summed E-state index contributed by atoms with van der Waals surface area (Å²) in [5.41, 5.74) is -0.667. The number of amidine groups is 1. The van der Waals surface area contributed by atoms with Gasteiger partial charge in [0.2, 0.25) is 5.91 Å². The summed E-state index contributed by atoms with van der Waals surface area (Å²) < 4.78 is 45.1. The van der Waals surface area contributed by atoms with Gasteiger partial charge in [-0.1, -0.05) is 43.0 Å². The van der Waals surface area contributed by atoms with Gasteiger partial charge in [0.25, 0.3) is 5.91 Å². The third-order valence-electron chi connectivity index (χ3n) is 6.67.